The molecule has 0 atom stereocenters. The van der Waals surface area contributed by atoms with Gasteiger partial charge in [-0.05, 0) is 42.3 Å². The van der Waals surface area contributed by atoms with Crippen LogP contribution >= 0.6 is 0 Å². The average Bonchev–Trinajstić information content (AvgIpc) is 2.28. The second kappa shape index (κ2) is 4.87. The number of hydrogen-bond acceptors (Lipinski definition) is 2. The molecule has 0 aromatic heterocycles. The van der Waals surface area contributed by atoms with Crippen molar-refractivity contribution in [3.8, 4) is 5.75 Å². The number of nitrogens with two attached hydrogens (primary N) is 1. The zero-order chi connectivity index (χ0) is 12.3. The molecule has 0 aliphatic rings. The maximum atomic E-state index is 12.9. The first-order valence-corrected chi connectivity index (χ1v) is 5.38. The van der Waals surface area contributed by atoms with E-state index in [0.717, 1.165) is 11.1 Å². The van der Waals surface area contributed by atoms with E-state index in [-0.39, 0.29) is 5.82 Å². The number of rotatable bonds is 3. The topological polar surface area (TPSA) is 35.2 Å². The van der Waals surface area contributed by atoms with E-state index in [9.17, 15) is 4.39 Å². The number of hydrogen-bond donors (Lipinski definition) is 1. The summed E-state index contributed by atoms with van der Waals surface area (Å²) in [4.78, 5) is 0. The molecule has 0 aliphatic heterocycles. The zero-order valence-electron chi connectivity index (χ0n) is 9.61. The largest absolute Gasteiger partial charge is 0.487 e. The molecule has 0 radical (unpaired) electrons. The van der Waals surface area contributed by atoms with Crippen LogP contribution in [0.1, 0.15) is 11.1 Å². The lowest BCUT2D eigenvalue weighted by molar-refractivity contribution is 0.307. The highest BCUT2D eigenvalue weighted by Gasteiger charge is 2.01. The van der Waals surface area contributed by atoms with Gasteiger partial charge in [0.25, 0.3) is 0 Å². The number of halogens is 1. The van der Waals surface area contributed by atoms with E-state index in [1.165, 1.54) is 12.1 Å². The van der Waals surface area contributed by atoms with Gasteiger partial charge in [0.15, 0.2) is 0 Å². The monoisotopic (exact) mass is 231 g/mol. The van der Waals surface area contributed by atoms with Crippen molar-refractivity contribution in [1.82, 2.24) is 0 Å². The third-order valence-corrected chi connectivity index (χ3v) is 2.45. The molecule has 0 amide bonds. The van der Waals surface area contributed by atoms with Gasteiger partial charge in [0.1, 0.15) is 18.2 Å². The van der Waals surface area contributed by atoms with Crippen LogP contribution in [0.5, 0.6) is 5.75 Å². The lowest BCUT2D eigenvalue weighted by Crippen LogP contribution is -1.99. The molecule has 0 spiro atoms. The third-order valence-electron chi connectivity index (χ3n) is 2.45. The van der Waals surface area contributed by atoms with Gasteiger partial charge in [-0.1, -0.05) is 18.2 Å². The van der Waals surface area contributed by atoms with E-state index in [1.807, 2.05) is 31.2 Å². The summed E-state index contributed by atoms with van der Waals surface area (Å²) >= 11 is 0. The standard InChI is InChI=1S/C14H14FNO/c1-10-5-6-14(13(16)7-10)17-9-11-3-2-4-12(15)8-11/h2-8H,9,16H2,1H3. The number of ether oxygens (including phenoxy) is 1. The predicted octanol–water partition coefficient (Wildman–Crippen LogP) is 3.30. The van der Waals surface area contributed by atoms with Crippen molar-refractivity contribution in [2.45, 2.75) is 13.5 Å². The molecule has 0 heterocycles. The van der Waals surface area contributed by atoms with Gasteiger partial charge >= 0.3 is 0 Å². The second-order valence-electron chi connectivity index (χ2n) is 3.96. The first-order chi connectivity index (χ1) is 8.15. The Balaban J connectivity index is 2.07. The highest BCUT2D eigenvalue weighted by Crippen LogP contribution is 2.23. The van der Waals surface area contributed by atoms with Gasteiger partial charge < -0.3 is 10.5 Å². The Kier molecular flexibility index (Phi) is 3.28. The smallest absolute Gasteiger partial charge is 0.142 e. The maximum Gasteiger partial charge on any atom is 0.142 e. The van der Waals surface area contributed by atoms with Gasteiger partial charge in [0.2, 0.25) is 0 Å². The molecule has 2 N–H and O–H groups in total. The summed E-state index contributed by atoms with van der Waals surface area (Å²) in [5, 5.41) is 0. The molecule has 2 rings (SSSR count). The minimum absolute atomic E-state index is 0.261. The van der Waals surface area contributed by atoms with Crippen LogP contribution in [0.15, 0.2) is 42.5 Å². The molecule has 0 unspecified atom stereocenters. The number of nitrogen functional groups attached to an aromatic ring is 1. The maximum absolute atomic E-state index is 12.9. The lowest BCUT2D eigenvalue weighted by Gasteiger charge is -2.09. The number of benzene rings is 2. The molecule has 0 bridgehead atoms. The van der Waals surface area contributed by atoms with Crippen LogP contribution in [0.25, 0.3) is 0 Å². The summed E-state index contributed by atoms with van der Waals surface area (Å²) in [6, 6.07) is 11.9. The number of anilines is 1. The van der Waals surface area contributed by atoms with E-state index in [2.05, 4.69) is 0 Å². The molecule has 0 aliphatic carbocycles. The first kappa shape index (κ1) is 11.5. The Morgan fingerprint density at radius 3 is 2.71 bits per heavy atom. The van der Waals surface area contributed by atoms with Crippen LogP contribution in [0.3, 0.4) is 0 Å². The fourth-order valence-corrected chi connectivity index (χ4v) is 1.59. The third kappa shape index (κ3) is 2.97. The van der Waals surface area contributed by atoms with Crippen LogP contribution in [-0.4, -0.2) is 0 Å². The van der Waals surface area contributed by atoms with Crippen LogP contribution in [0, 0.1) is 12.7 Å². The fraction of sp³-hybridized carbons (Fsp3) is 0.143. The van der Waals surface area contributed by atoms with Gasteiger partial charge in [0.05, 0.1) is 5.69 Å². The Hall–Kier alpha value is -2.03. The summed E-state index contributed by atoms with van der Waals surface area (Å²) in [5.41, 5.74) is 8.28. The van der Waals surface area contributed by atoms with Gasteiger partial charge in [0, 0.05) is 0 Å². The Labute approximate surface area is 99.8 Å². The summed E-state index contributed by atoms with van der Waals surface area (Å²) in [7, 11) is 0. The van der Waals surface area contributed by atoms with E-state index in [4.69, 9.17) is 10.5 Å². The van der Waals surface area contributed by atoms with Crippen LogP contribution < -0.4 is 10.5 Å². The van der Waals surface area contributed by atoms with Crippen LogP contribution in [0.4, 0.5) is 10.1 Å². The first-order valence-electron chi connectivity index (χ1n) is 5.38. The molecule has 3 heteroatoms. The summed E-state index contributed by atoms with van der Waals surface area (Å²) in [5.74, 6) is 0.364. The molecular weight excluding hydrogens is 217 g/mol. The Morgan fingerprint density at radius 1 is 1.18 bits per heavy atom. The number of aryl methyl sites for hydroxylation is 1. The molecule has 0 fully saturated rings. The van der Waals surface area contributed by atoms with E-state index >= 15 is 0 Å². The molecular formula is C14H14FNO. The normalized spacial score (nSPS) is 10.2. The van der Waals surface area contributed by atoms with E-state index in [0.29, 0.717) is 18.0 Å². The van der Waals surface area contributed by atoms with Gasteiger partial charge in [-0.25, -0.2) is 4.39 Å². The Bertz CT molecular complexity index is 525. The van der Waals surface area contributed by atoms with E-state index in [1.54, 1.807) is 6.07 Å². The summed E-state index contributed by atoms with van der Waals surface area (Å²) < 4.78 is 18.5. The average molecular weight is 231 g/mol. The van der Waals surface area contributed by atoms with Crippen molar-refractivity contribution in [3.63, 3.8) is 0 Å². The second-order valence-corrected chi connectivity index (χ2v) is 3.96. The highest BCUT2D eigenvalue weighted by molar-refractivity contribution is 5.54. The van der Waals surface area contributed by atoms with Crippen molar-refractivity contribution in [3.05, 3.63) is 59.4 Å². The quantitative estimate of drug-likeness (QED) is 0.822. The van der Waals surface area contributed by atoms with Crippen LogP contribution in [0.2, 0.25) is 0 Å². The van der Waals surface area contributed by atoms with Gasteiger partial charge in [-0.15, -0.1) is 0 Å². The van der Waals surface area contributed by atoms with Crippen LogP contribution in [-0.2, 0) is 6.61 Å². The minimum Gasteiger partial charge on any atom is -0.487 e. The van der Waals surface area contributed by atoms with Crippen molar-refractivity contribution in [2.24, 2.45) is 0 Å². The van der Waals surface area contributed by atoms with Crippen molar-refractivity contribution in [1.29, 1.82) is 0 Å². The molecule has 2 nitrogen and oxygen atoms in total. The zero-order valence-corrected chi connectivity index (χ0v) is 9.61. The van der Waals surface area contributed by atoms with Gasteiger partial charge in [-0.2, -0.15) is 0 Å². The molecule has 0 saturated heterocycles. The summed E-state index contributed by atoms with van der Waals surface area (Å²) in [6.07, 6.45) is 0. The molecule has 2 aromatic carbocycles. The van der Waals surface area contributed by atoms with Gasteiger partial charge in [-0.3, -0.25) is 0 Å². The molecule has 0 saturated carbocycles. The van der Waals surface area contributed by atoms with Crippen molar-refractivity contribution >= 4 is 5.69 Å². The SMILES string of the molecule is Cc1ccc(OCc2cccc(F)c2)c(N)c1. The summed E-state index contributed by atoms with van der Waals surface area (Å²) in [6.45, 7) is 2.28. The molecule has 2 aromatic rings. The lowest BCUT2D eigenvalue weighted by atomic mass is 10.2. The predicted molar refractivity (Wildman–Crippen MR) is 66.3 cm³/mol. The minimum atomic E-state index is -0.261. The molecule has 88 valence electrons. The Morgan fingerprint density at radius 2 is 2.00 bits per heavy atom. The fourth-order valence-electron chi connectivity index (χ4n) is 1.59. The molecule has 17 heavy (non-hydrogen) atoms. The van der Waals surface area contributed by atoms with E-state index < -0.39 is 0 Å². The van der Waals surface area contributed by atoms with Crippen molar-refractivity contribution < 1.29 is 9.13 Å². The highest BCUT2D eigenvalue weighted by atomic mass is 19.1. The van der Waals surface area contributed by atoms with Crippen molar-refractivity contribution in [2.75, 3.05) is 5.73 Å².